The Bertz CT molecular complexity index is 1020. The number of hydrogen-bond acceptors (Lipinski definition) is 4. The molecule has 0 aliphatic carbocycles. The molecule has 142 valence electrons. The lowest BCUT2D eigenvalue weighted by Crippen LogP contribution is -1.95. The van der Waals surface area contributed by atoms with Crippen molar-refractivity contribution >= 4 is 46.2 Å². The summed E-state index contributed by atoms with van der Waals surface area (Å²) >= 11 is 13.6. The van der Waals surface area contributed by atoms with Crippen LogP contribution in [0.25, 0.3) is 22.9 Å². The molecule has 0 radical (unpaired) electrons. The summed E-state index contributed by atoms with van der Waals surface area (Å²) in [6.07, 6.45) is 3.95. The summed E-state index contributed by atoms with van der Waals surface area (Å²) in [5, 5.41) is 13.2. The van der Waals surface area contributed by atoms with Crippen LogP contribution in [0.4, 0.5) is 0 Å². The van der Waals surface area contributed by atoms with Gasteiger partial charge in [-0.1, -0.05) is 48.7 Å². The van der Waals surface area contributed by atoms with Crippen LogP contribution in [0.3, 0.4) is 0 Å². The molecule has 1 aromatic heterocycles. The maximum Gasteiger partial charge on any atom is 0.134 e. The van der Waals surface area contributed by atoms with Gasteiger partial charge >= 0.3 is 0 Å². The van der Waals surface area contributed by atoms with Crippen LogP contribution in [0, 0.1) is 11.3 Å². The number of ether oxygens (including phenoxy) is 1. The second-order valence-electron chi connectivity index (χ2n) is 6.10. The largest absolute Gasteiger partial charge is 0.494 e. The fraction of sp³-hybridized carbons (Fsp3) is 0.182. The SMILES string of the molecule is CCCCOc1ccc(C=C(C#N)c2nc(-c3ccc(Cl)cc3Cl)cs2)cc1. The Morgan fingerprint density at radius 1 is 1.21 bits per heavy atom. The number of nitriles is 1. The van der Waals surface area contributed by atoms with E-state index in [4.69, 9.17) is 27.9 Å². The minimum atomic E-state index is 0.501. The first-order valence-electron chi connectivity index (χ1n) is 8.86. The third-order valence-electron chi connectivity index (χ3n) is 4.02. The van der Waals surface area contributed by atoms with E-state index in [-0.39, 0.29) is 0 Å². The lowest BCUT2D eigenvalue weighted by atomic mass is 10.1. The van der Waals surface area contributed by atoms with E-state index in [9.17, 15) is 5.26 Å². The van der Waals surface area contributed by atoms with Gasteiger partial charge in [-0.2, -0.15) is 5.26 Å². The van der Waals surface area contributed by atoms with Gasteiger partial charge in [0, 0.05) is 16.0 Å². The standard InChI is InChI=1S/C22H18Cl2N2OS/c1-2-3-10-27-18-7-4-15(5-8-18)11-16(13-25)22-26-21(14-28-22)19-9-6-17(23)12-20(19)24/h4-9,11-12,14H,2-3,10H2,1H3. The molecule has 28 heavy (non-hydrogen) atoms. The van der Waals surface area contributed by atoms with Crippen LogP contribution < -0.4 is 4.74 Å². The third-order valence-corrected chi connectivity index (χ3v) is 5.44. The van der Waals surface area contributed by atoms with Crippen molar-refractivity contribution in [2.24, 2.45) is 0 Å². The number of rotatable bonds is 7. The van der Waals surface area contributed by atoms with Crippen LogP contribution in [0.5, 0.6) is 5.75 Å². The topological polar surface area (TPSA) is 45.9 Å². The van der Waals surface area contributed by atoms with Gasteiger partial charge in [-0.15, -0.1) is 11.3 Å². The van der Waals surface area contributed by atoms with Crippen LogP contribution in [-0.4, -0.2) is 11.6 Å². The smallest absolute Gasteiger partial charge is 0.134 e. The molecule has 0 atom stereocenters. The van der Waals surface area contributed by atoms with Gasteiger partial charge in [0.2, 0.25) is 0 Å². The Kier molecular flexibility index (Phi) is 7.11. The highest BCUT2D eigenvalue weighted by Crippen LogP contribution is 2.33. The number of thiazole rings is 1. The zero-order valence-electron chi connectivity index (χ0n) is 15.3. The summed E-state index contributed by atoms with van der Waals surface area (Å²) in [5.41, 5.74) is 2.93. The highest BCUT2D eigenvalue weighted by atomic mass is 35.5. The first kappa shape index (κ1) is 20.4. The van der Waals surface area contributed by atoms with E-state index in [0.717, 1.165) is 35.4 Å². The lowest BCUT2D eigenvalue weighted by Gasteiger charge is -2.05. The molecule has 2 aromatic carbocycles. The molecule has 0 aliphatic heterocycles. The van der Waals surface area contributed by atoms with Crippen molar-refractivity contribution in [2.45, 2.75) is 19.8 Å². The Labute approximate surface area is 178 Å². The van der Waals surface area contributed by atoms with E-state index in [1.807, 2.05) is 41.8 Å². The Morgan fingerprint density at radius 3 is 2.68 bits per heavy atom. The highest BCUT2D eigenvalue weighted by molar-refractivity contribution is 7.11. The van der Waals surface area contributed by atoms with Gasteiger partial charge in [0.25, 0.3) is 0 Å². The second-order valence-corrected chi connectivity index (χ2v) is 7.80. The summed E-state index contributed by atoms with van der Waals surface area (Å²) in [7, 11) is 0. The van der Waals surface area contributed by atoms with E-state index in [1.165, 1.54) is 11.3 Å². The molecule has 3 rings (SSSR count). The number of aromatic nitrogens is 1. The summed E-state index contributed by atoms with van der Waals surface area (Å²) in [6.45, 7) is 2.84. The van der Waals surface area contributed by atoms with Crippen LogP contribution >= 0.6 is 34.5 Å². The molecule has 0 N–H and O–H groups in total. The van der Waals surface area contributed by atoms with E-state index >= 15 is 0 Å². The number of nitrogens with zero attached hydrogens (tertiary/aromatic N) is 2. The van der Waals surface area contributed by atoms with Crippen molar-refractivity contribution in [3.8, 4) is 23.1 Å². The van der Waals surface area contributed by atoms with Gasteiger partial charge in [-0.05, 0) is 48.4 Å². The number of halogens is 2. The average Bonchev–Trinajstić information content (AvgIpc) is 3.17. The first-order chi connectivity index (χ1) is 13.6. The molecular weight excluding hydrogens is 411 g/mol. The predicted octanol–water partition coefficient (Wildman–Crippen LogP) is 7.36. The van der Waals surface area contributed by atoms with Crippen molar-refractivity contribution in [3.63, 3.8) is 0 Å². The molecule has 3 aromatic rings. The molecule has 0 saturated heterocycles. The molecule has 0 saturated carbocycles. The van der Waals surface area contributed by atoms with Gasteiger partial charge in [-0.3, -0.25) is 0 Å². The molecule has 0 fully saturated rings. The van der Waals surface area contributed by atoms with Gasteiger partial charge in [0.15, 0.2) is 0 Å². The first-order valence-corrected chi connectivity index (χ1v) is 10.5. The van der Waals surface area contributed by atoms with Crippen LogP contribution in [0.1, 0.15) is 30.3 Å². The predicted molar refractivity (Wildman–Crippen MR) is 118 cm³/mol. The van der Waals surface area contributed by atoms with Crippen LogP contribution in [0.15, 0.2) is 47.8 Å². The number of hydrogen-bond donors (Lipinski definition) is 0. The maximum absolute atomic E-state index is 9.59. The van der Waals surface area contributed by atoms with Crippen molar-refractivity contribution in [1.29, 1.82) is 5.26 Å². The lowest BCUT2D eigenvalue weighted by molar-refractivity contribution is 0.309. The summed E-state index contributed by atoms with van der Waals surface area (Å²) < 4.78 is 5.67. The van der Waals surface area contributed by atoms with Crippen molar-refractivity contribution in [1.82, 2.24) is 4.98 Å². The Hall–Kier alpha value is -2.32. The summed E-state index contributed by atoms with van der Waals surface area (Å²) in [5.74, 6) is 0.832. The molecule has 1 heterocycles. The van der Waals surface area contributed by atoms with E-state index < -0.39 is 0 Å². The molecule has 0 unspecified atom stereocenters. The highest BCUT2D eigenvalue weighted by Gasteiger charge is 2.12. The van der Waals surface area contributed by atoms with Crippen molar-refractivity contribution in [2.75, 3.05) is 6.61 Å². The van der Waals surface area contributed by atoms with E-state index in [1.54, 1.807) is 12.1 Å². The van der Waals surface area contributed by atoms with Gasteiger partial charge in [0.05, 0.1) is 22.9 Å². The minimum Gasteiger partial charge on any atom is -0.494 e. The second kappa shape index (κ2) is 9.75. The monoisotopic (exact) mass is 428 g/mol. The van der Waals surface area contributed by atoms with Gasteiger partial charge in [-0.25, -0.2) is 4.98 Å². The zero-order valence-corrected chi connectivity index (χ0v) is 17.6. The van der Waals surface area contributed by atoms with Crippen LogP contribution in [0.2, 0.25) is 10.0 Å². The van der Waals surface area contributed by atoms with Gasteiger partial charge in [0.1, 0.15) is 16.8 Å². The Morgan fingerprint density at radius 2 is 2.00 bits per heavy atom. The average molecular weight is 429 g/mol. The number of allylic oxidation sites excluding steroid dienone is 1. The summed E-state index contributed by atoms with van der Waals surface area (Å²) in [4.78, 5) is 4.58. The maximum atomic E-state index is 9.59. The van der Waals surface area contributed by atoms with E-state index in [0.29, 0.717) is 27.2 Å². The van der Waals surface area contributed by atoms with Gasteiger partial charge < -0.3 is 4.74 Å². The van der Waals surface area contributed by atoms with Crippen molar-refractivity contribution < 1.29 is 4.74 Å². The Balaban J connectivity index is 1.80. The molecular formula is C22H18Cl2N2OS. The fourth-order valence-corrected chi connectivity index (χ4v) is 3.81. The quantitative estimate of drug-likeness (QED) is 0.291. The number of benzene rings is 2. The van der Waals surface area contributed by atoms with Crippen LogP contribution in [-0.2, 0) is 0 Å². The normalized spacial score (nSPS) is 11.3. The third kappa shape index (κ3) is 5.14. The summed E-state index contributed by atoms with van der Waals surface area (Å²) in [6, 6.07) is 15.2. The molecule has 0 amide bonds. The molecule has 3 nitrogen and oxygen atoms in total. The molecule has 0 spiro atoms. The minimum absolute atomic E-state index is 0.501. The molecule has 6 heteroatoms. The molecule has 0 bridgehead atoms. The number of unbranched alkanes of at least 4 members (excludes halogenated alkanes) is 1. The fourth-order valence-electron chi connectivity index (χ4n) is 2.52. The van der Waals surface area contributed by atoms with E-state index in [2.05, 4.69) is 18.0 Å². The molecule has 0 aliphatic rings. The van der Waals surface area contributed by atoms with Crippen molar-refractivity contribution in [3.05, 3.63) is 68.5 Å². The zero-order chi connectivity index (χ0) is 19.9.